The molecule has 1 aliphatic carbocycles. The molecule has 0 radical (unpaired) electrons. The predicted octanol–water partition coefficient (Wildman–Crippen LogP) is 0.334. The lowest BCUT2D eigenvalue weighted by Gasteiger charge is -2.40. The smallest absolute Gasteiger partial charge is 0.238 e. The van der Waals surface area contributed by atoms with Gasteiger partial charge >= 0.3 is 0 Å². The molecule has 4 nitrogen and oxygen atoms in total. The number of carbonyl (C=O) groups excluding carboxylic acids is 1. The van der Waals surface area contributed by atoms with Crippen molar-refractivity contribution < 1.29 is 9.53 Å². The number of methoxy groups -OCH3 is 1. The van der Waals surface area contributed by atoms with Gasteiger partial charge in [0.2, 0.25) is 5.91 Å². The number of thioether (sulfide) groups is 1. The van der Waals surface area contributed by atoms with Crippen molar-refractivity contribution in [2.24, 2.45) is 0 Å². The van der Waals surface area contributed by atoms with Crippen LogP contribution < -0.4 is 10.6 Å². The van der Waals surface area contributed by atoms with E-state index in [9.17, 15) is 4.79 Å². The molecule has 2 aliphatic rings. The van der Waals surface area contributed by atoms with Gasteiger partial charge in [-0.25, -0.2) is 0 Å². The average Bonchev–Trinajstić information content (AvgIpc) is 2.69. The Morgan fingerprint density at radius 3 is 2.93 bits per heavy atom. The minimum absolute atomic E-state index is 0.0102. The summed E-state index contributed by atoms with van der Waals surface area (Å²) in [6.45, 7) is 0.658. The molecule has 1 amide bonds. The first kappa shape index (κ1) is 11.2. The number of hydrogen-bond donors (Lipinski definition) is 2. The Labute approximate surface area is 94.5 Å². The average molecular weight is 230 g/mol. The fourth-order valence-corrected chi connectivity index (χ4v) is 2.90. The summed E-state index contributed by atoms with van der Waals surface area (Å²) >= 11 is 1.77. The Morgan fingerprint density at radius 1 is 1.67 bits per heavy atom. The lowest BCUT2D eigenvalue weighted by molar-refractivity contribution is -0.126. The first-order valence-corrected chi connectivity index (χ1v) is 6.55. The van der Waals surface area contributed by atoms with E-state index >= 15 is 0 Å². The molecule has 5 heteroatoms. The van der Waals surface area contributed by atoms with E-state index in [2.05, 4.69) is 10.6 Å². The van der Waals surface area contributed by atoms with Gasteiger partial charge in [-0.1, -0.05) is 0 Å². The van der Waals surface area contributed by atoms with Crippen molar-refractivity contribution in [3.8, 4) is 0 Å². The van der Waals surface area contributed by atoms with Crippen molar-refractivity contribution in [1.82, 2.24) is 10.6 Å². The standard InChI is InChI=1S/C10H18N2O2S/c1-14-10(3-2-4-10)6-11-9(13)8-5-15-7-12-8/h8,12H,2-7H2,1H3,(H,11,13). The van der Waals surface area contributed by atoms with Crippen LogP contribution in [0.5, 0.6) is 0 Å². The first-order chi connectivity index (χ1) is 7.26. The number of hydrogen-bond acceptors (Lipinski definition) is 4. The van der Waals surface area contributed by atoms with Gasteiger partial charge in [0.25, 0.3) is 0 Å². The predicted molar refractivity (Wildman–Crippen MR) is 60.8 cm³/mol. The molecule has 1 saturated heterocycles. The minimum atomic E-state index is -0.0680. The van der Waals surface area contributed by atoms with Crippen LogP contribution in [0.4, 0.5) is 0 Å². The highest BCUT2D eigenvalue weighted by Crippen LogP contribution is 2.34. The number of rotatable bonds is 4. The Hall–Kier alpha value is -0.260. The van der Waals surface area contributed by atoms with E-state index in [-0.39, 0.29) is 17.6 Å². The Kier molecular flexibility index (Phi) is 3.53. The summed E-state index contributed by atoms with van der Waals surface area (Å²) in [7, 11) is 1.73. The Morgan fingerprint density at radius 2 is 2.47 bits per heavy atom. The lowest BCUT2D eigenvalue weighted by atomic mass is 9.80. The summed E-state index contributed by atoms with van der Waals surface area (Å²) in [5.74, 6) is 1.88. The highest BCUT2D eigenvalue weighted by atomic mass is 32.2. The molecule has 86 valence electrons. The zero-order chi connectivity index (χ0) is 10.7. The third-order valence-electron chi connectivity index (χ3n) is 3.32. The van der Waals surface area contributed by atoms with Crippen LogP contribution in [0.15, 0.2) is 0 Å². The van der Waals surface area contributed by atoms with Crippen LogP contribution in [-0.2, 0) is 9.53 Å². The van der Waals surface area contributed by atoms with Gasteiger partial charge in [0, 0.05) is 25.3 Å². The Balaban J connectivity index is 1.74. The van der Waals surface area contributed by atoms with Gasteiger partial charge in [-0.05, 0) is 19.3 Å². The zero-order valence-electron chi connectivity index (χ0n) is 9.04. The second-order valence-corrected chi connectivity index (χ2v) is 5.26. The molecule has 1 heterocycles. The molecular weight excluding hydrogens is 212 g/mol. The van der Waals surface area contributed by atoms with Crippen LogP contribution in [0.2, 0.25) is 0 Å². The third kappa shape index (κ3) is 2.46. The molecule has 1 atom stereocenters. The van der Waals surface area contributed by atoms with Crippen LogP contribution in [0, 0.1) is 0 Å². The van der Waals surface area contributed by atoms with E-state index in [1.807, 2.05) is 0 Å². The van der Waals surface area contributed by atoms with Gasteiger partial charge in [0.15, 0.2) is 0 Å². The summed E-state index contributed by atoms with van der Waals surface area (Å²) in [5.41, 5.74) is -0.0680. The topological polar surface area (TPSA) is 50.4 Å². The fraction of sp³-hybridized carbons (Fsp3) is 0.900. The van der Waals surface area contributed by atoms with Crippen molar-refractivity contribution >= 4 is 17.7 Å². The zero-order valence-corrected chi connectivity index (χ0v) is 9.86. The van der Waals surface area contributed by atoms with Gasteiger partial charge in [-0.3, -0.25) is 10.1 Å². The SMILES string of the molecule is COC1(CNC(=O)C2CSCN2)CCC1. The quantitative estimate of drug-likeness (QED) is 0.731. The first-order valence-electron chi connectivity index (χ1n) is 5.40. The van der Waals surface area contributed by atoms with Crippen LogP contribution in [0.1, 0.15) is 19.3 Å². The minimum Gasteiger partial charge on any atom is -0.376 e. The van der Waals surface area contributed by atoms with Crippen molar-refractivity contribution in [3.05, 3.63) is 0 Å². The molecule has 0 bridgehead atoms. The van der Waals surface area contributed by atoms with E-state index in [1.165, 1.54) is 6.42 Å². The van der Waals surface area contributed by atoms with E-state index < -0.39 is 0 Å². The lowest BCUT2D eigenvalue weighted by Crippen LogP contribution is -2.52. The molecule has 2 N–H and O–H groups in total. The molecule has 2 rings (SSSR count). The second kappa shape index (κ2) is 4.72. The molecule has 2 fully saturated rings. The largest absolute Gasteiger partial charge is 0.376 e. The van der Waals surface area contributed by atoms with Crippen molar-refractivity contribution in [3.63, 3.8) is 0 Å². The van der Waals surface area contributed by atoms with Crippen LogP contribution in [0.25, 0.3) is 0 Å². The molecule has 1 unspecified atom stereocenters. The molecule has 0 aromatic carbocycles. The summed E-state index contributed by atoms with van der Waals surface area (Å²) in [5, 5.41) is 6.14. The van der Waals surface area contributed by atoms with E-state index in [1.54, 1.807) is 18.9 Å². The maximum atomic E-state index is 11.7. The number of nitrogens with one attached hydrogen (secondary N) is 2. The van der Waals surface area contributed by atoms with E-state index in [4.69, 9.17) is 4.74 Å². The third-order valence-corrected chi connectivity index (χ3v) is 4.26. The van der Waals surface area contributed by atoms with E-state index in [0.29, 0.717) is 6.54 Å². The van der Waals surface area contributed by atoms with E-state index in [0.717, 1.165) is 24.5 Å². The second-order valence-electron chi connectivity index (χ2n) is 4.23. The van der Waals surface area contributed by atoms with Gasteiger partial charge < -0.3 is 10.1 Å². The highest BCUT2D eigenvalue weighted by molar-refractivity contribution is 7.99. The van der Waals surface area contributed by atoms with Crippen molar-refractivity contribution in [2.45, 2.75) is 30.9 Å². The van der Waals surface area contributed by atoms with Gasteiger partial charge in [-0.2, -0.15) is 0 Å². The van der Waals surface area contributed by atoms with Crippen LogP contribution in [0.3, 0.4) is 0 Å². The van der Waals surface area contributed by atoms with Crippen molar-refractivity contribution in [1.29, 1.82) is 0 Å². The van der Waals surface area contributed by atoms with Crippen LogP contribution in [-0.4, -0.2) is 42.8 Å². The fourth-order valence-electron chi connectivity index (χ4n) is 1.96. The monoisotopic (exact) mass is 230 g/mol. The molecule has 0 aromatic rings. The molecule has 0 spiro atoms. The summed E-state index contributed by atoms with van der Waals surface area (Å²) in [6.07, 6.45) is 3.34. The summed E-state index contributed by atoms with van der Waals surface area (Å²) in [4.78, 5) is 11.7. The number of ether oxygens (including phenoxy) is 1. The van der Waals surface area contributed by atoms with Crippen molar-refractivity contribution in [2.75, 3.05) is 25.3 Å². The number of carbonyl (C=O) groups is 1. The normalized spacial score (nSPS) is 28.5. The van der Waals surface area contributed by atoms with Gasteiger partial charge in [-0.15, -0.1) is 11.8 Å². The van der Waals surface area contributed by atoms with Gasteiger partial charge in [0.05, 0.1) is 11.6 Å². The molecule has 1 aliphatic heterocycles. The number of amides is 1. The highest BCUT2D eigenvalue weighted by Gasteiger charge is 2.37. The van der Waals surface area contributed by atoms with Crippen LogP contribution >= 0.6 is 11.8 Å². The Bertz CT molecular complexity index is 232. The molecular formula is C10H18N2O2S. The molecule has 0 aromatic heterocycles. The maximum absolute atomic E-state index is 11.7. The summed E-state index contributed by atoms with van der Waals surface area (Å²) < 4.78 is 5.45. The molecule has 1 saturated carbocycles. The maximum Gasteiger partial charge on any atom is 0.238 e. The summed E-state index contributed by atoms with van der Waals surface area (Å²) in [6, 6.07) is -0.0102. The molecule has 15 heavy (non-hydrogen) atoms. The van der Waals surface area contributed by atoms with Gasteiger partial charge in [0.1, 0.15) is 0 Å².